The van der Waals surface area contributed by atoms with E-state index in [0.717, 1.165) is 31.2 Å². The first-order valence-corrected chi connectivity index (χ1v) is 9.24. The summed E-state index contributed by atoms with van der Waals surface area (Å²) >= 11 is 0. The molecule has 5 heterocycles. The quantitative estimate of drug-likeness (QED) is 0.843. The van der Waals surface area contributed by atoms with Crippen molar-refractivity contribution < 1.29 is 4.39 Å². The van der Waals surface area contributed by atoms with Crippen LogP contribution in [0.2, 0.25) is 0 Å². The molecule has 3 aliphatic heterocycles. The Balaban J connectivity index is 1.55. The van der Waals surface area contributed by atoms with Crippen LogP contribution >= 0.6 is 0 Å². The number of piperazine rings is 1. The first kappa shape index (κ1) is 17.1. The molecule has 2 bridgehead atoms. The summed E-state index contributed by atoms with van der Waals surface area (Å²) in [6.07, 6.45) is 4.99. The molecule has 0 radical (unpaired) electrons. The van der Waals surface area contributed by atoms with Crippen LogP contribution in [-0.2, 0) is 11.8 Å². The van der Waals surface area contributed by atoms with Gasteiger partial charge in [0.1, 0.15) is 18.0 Å². The standard InChI is InChI=1S/C19H25FN6/c1-5-14-16(20)17(23-11-22-14)25-9-12-8-13(10-25)26(12)15-6-7-21-18(24-15)19(2,3)4/h6-7,11-13H,5,8-10H2,1-4H3. The highest BCUT2D eigenvalue weighted by molar-refractivity contribution is 5.52. The second-order valence-electron chi connectivity index (χ2n) is 8.16. The predicted octanol–water partition coefficient (Wildman–Crippen LogP) is 2.73. The highest BCUT2D eigenvalue weighted by Crippen LogP contribution is 2.38. The summed E-state index contributed by atoms with van der Waals surface area (Å²) in [5, 5.41) is 0. The molecule has 0 aliphatic carbocycles. The smallest absolute Gasteiger partial charge is 0.187 e. The number of anilines is 2. The zero-order valence-electron chi connectivity index (χ0n) is 15.8. The molecule has 3 fully saturated rings. The number of hydrogen-bond donors (Lipinski definition) is 0. The second-order valence-corrected chi connectivity index (χ2v) is 8.16. The molecule has 2 unspecified atom stereocenters. The largest absolute Gasteiger partial charge is 0.350 e. The van der Waals surface area contributed by atoms with Gasteiger partial charge in [-0.05, 0) is 18.9 Å². The van der Waals surface area contributed by atoms with E-state index in [2.05, 4.69) is 45.5 Å². The summed E-state index contributed by atoms with van der Waals surface area (Å²) in [4.78, 5) is 21.9. The minimum atomic E-state index is -0.278. The van der Waals surface area contributed by atoms with Crippen molar-refractivity contribution in [2.24, 2.45) is 0 Å². The molecule has 138 valence electrons. The van der Waals surface area contributed by atoms with Crippen molar-refractivity contribution in [2.75, 3.05) is 22.9 Å². The number of halogens is 1. The molecule has 0 N–H and O–H groups in total. The maximum Gasteiger partial charge on any atom is 0.187 e. The van der Waals surface area contributed by atoms with Crippen LogP contribution in [0.15, 0.2) is 18.6 Å². The molecule has 0 spiro atoms. The predicted molar refractivity (Wildman–Crippen MR) is 99.0 cm³/mol. The SMILES string of the molecule is CCc1ncnc(N2CC3CC(C2)N3c2ccnc(C(C)(C)C)n2)c1F. The zero-order chi connectivity index (χ0) is 18.5. The lowest BCUT2D eigenvalue weighted by atomic mass is 9.87. The average molecular weight is 356 g/mol. The van der Waals surface area contributed by atoms with Crippen molar-refractivity contribution in [3.05, 3.63) is 35.9 Å². The fourth-order valence-electron chi connectivity index (χ4n) is 3.87. The van der Waals surface area contributed by atoms with Gasteiger partial charge in [-0.25, -0.2) is 24.3 Å². The first-order chi connectivity index (χ1) is 12.4. The number of hydrogen-bond acceptors (Lipinski definition) is 6. The van der Waals surface area contributed by atoms with E-state index in [4.69, 9.17) is 4.98 Å². The number of aryl methyl sites for hydroxylation is 1. The van der Waals surface area contributed by atoms with Gasteiger partial charge in [-0.3, -0.25) is 0 Å². The monoisotopic (exact) mass is 356 g/mol. The van der Waals surface area contributed by atoms with E-state index in [0.29, 0.717) is 30.0 Å². The molecule has 0 saturated carbocycles. The van der Waals surface area contributed by atoms with Crippen molar-refractivity contribution in [3.8, 4) is 0 Å². The van der Waals surface area contributed by atoms with Crippen molar-refractivity contribution >= 4 is 11.6 Å². The van der Waals surface area contributed by atoms with Crippen LogP contribution in [0.4, 0.5) is 16.0 Å². The Morgan fingerprint density at radius 1 is 1.15 bits per heavy atom. The van der Waals surface area contributed by atoms with Gasteiger partial charge in [-0.2, -0.15) is 0 Å². The first-order valence-electron chi connectivity index (χ1n) is 9.24. The normalized spacial score (nSPS) is 22.3. The Morgan fingerprint density at radius 2 is 1.88 bits per heavy atom. The lowest BCUT2D eigenvalue weighted by Gasteiger charge is -2.57. The van der Waals surface area contributed by atoms with Gasteiger partial charge < -0.3 is 9.80 Å². The summed E-state index contributed by atoms with van der Waals surface area (Å²) in [6.45, 7) is 9.77. The number of fused-ring (bicyclic) bond motifs is 2. The van der Waals surface area contributed by atoms with Gasteiger partial charge in [-0.15, -0.1) is 0 Å². The molecular formula is C19H25FN6. The topological polar surface area (TPSA) is 58.0 Å². The lowest BCUT2D eigenvalue weighted by molar-refractivity contribution is 0.285. The molecule has 5 rings (SSSR count). The Kier molecular flexibility index (Phi) is 4.04. The highest BCUT2D eigenvalue weighted by atomic mass is 19.1. The molecular weight excluding hydrogens is 331 g/mol. The van der Waals surface area contributed by atoms with Crippen molar-refractivity contribution in [1.82, 2.24) is 19.9 Å². The molecule has 0 aromatic carbocycles. The molecule has 2 aromatic heterocycles. The van der Waals surface area contributed by atoms with Gasteiger partial charge in [0.15, 0.2) is 11.6 Å². The summed E-state index contributed by atoms with van der Waals surface area (Å²) in [5.74, 6) is 1.98. The fourth-order valence-corrected chi connectivity index (χ4v) is 3.87. The minimum absolute atomic E-state index is 0.0807. The van der Waals surface area contributed by atoms with Crippen LogP contribution in [-0.4, -0.2) is 45.1 Å². The Morgan fingerprint density at radius 3 is 2.54 bits per heavy atom. The van der Waals surface area contributed by atoms with E-state index in [-0.39, 0.29) is 11.2 Å². The van der Waals surface area contributed by atoms with Crippen molar-refractivity contribution in [1.29, 1.82) is 0 Å². The minimum Gasteiger partial charge on any atom is -0.350 e. The molecule has 26 heavy (non-hydrogen) atoms. The molecule has 6 nitrogen and oxygen atoms in total. The summed E-state index contributed by atoms with van der Waals surface area (Å²) in [6, 6.07) is 2.64. The maximum atomic E-state index is 14.6. The Bertz CT molecular complexity index is 806. The van der Waals surface area contributed by atoms with Gasteiger partial charge >= 0.3 is 0 Å². The number of aromatic nitrogens is 4. The van der Waals surface area contributed by atoms with Crippen molar-refractivity contribution in [2.45, 2.75) is 58.0 Å². The summed E-state index contributed by atoms with van der Waals surface area (Å²) in [7, 11) is 0. The van der Waals surface area contributed by atoms with E-state index in [1.807, 2.05) is 19.2 Å². The maximum absolute atomic E-state index is 14.6. The molecule has 2 atom stereocenters. The molecule has 3 aliphatic rings. The van der Waals surface area contributed by atoms with E-state index in [1.54, 1.807) is 0 Å². The molecule has 3 saturated heterocycles. The van der Waals surface area contributed by atoms with Crippen LogP contribution in [0.3, 0.4) is 0 Å². The highest BCUT2D eigenvalue weighted by Gasteiger charge is 2.46. The number of nitrogens with zero attached hydrogens (tertiary/aromatic N) is 6. The van der Waals surface area contributed by atoms with Crippen LogP contribution in [0.25, 0.3) is 0 Å². The third-order valence-electron chi connectivity index (χ3n) is 5.25. The van der Waals surface area contributed by atoms with Gasteiger partial charge in [-0.1, -0.05) is 27.7 Å². The van der Waals surface area contributed by atoms with Gasteiger partial charge in [0, 0.05) is 24.7 Å². The average Bonchev–Trinajstić information content (AvgIpc) is 2.61. The van der Waals surface area contributed by atoms with Crippen LogP contribution in [0, 0.1) is 5.82 Å². The van der Waals surface area contributed by atoms with Crippen LogP contribution in [0.5, 0.6) is 0 Å². The van der Waals surface area contributed by atoms with E-state index in [1.165, 1.54) is 6.33 Å². The van der Waals surface area contributed by atoms with Crippen molar-refractivity contribution in [3.63, 3.8) is 0 Å². The number of rotatable bonds is 3. The Hall–Kier alpha value is -2.31. The fraction of sp³-hybridized carbons (Fsp3) is 0.579. The lowest BCUT2D eigenvalue weighted by Crippen LogP contribution is -2.69. The van der Waals surface area contributed by atoms with E-state index >= 15 is 0 Å². The van der Waals surface area contributed by atoms with Gasteiger partial charge in [0.2, 0.25) is 0 Å². The third kappa shape index (κ3) is 2.79. The van der Waals surface area contributed by atoms with E-state index in [9.17, 15) is 4.39 Å². The third-order valence-corrected chi connectivity index (χ3v) is 5.25. The Labute approximate surface area is 153 Å². The van der Waals surface area contributed by atoms with Crippen LogP contribution in [0.1, 0.15) is 45.6 Å². The molecule has 0 amide bonds. The zero-order valence-corrected chi connectivity index (χ0v) is 15.8. The van der Waals surface area contributed by atoms with E-state index < -0.39 is 0 Å². The summed E-state index contributed by atoms with van der Waals surface area (Å²) in [5.41, 5.74) is 0.402. The summed E-state index contributed by atoms with van der Waals surface area (Å²) < 4.78 is 14.6. The number of piperidine rings is 1. The molecule has 7 heteroatoms. The van der Waals surface area contributed by atoms with Gasteiger partial charge in [0.05, 0.1) is 17.8 Å². The van der Waals surface area contributed by atoms with Crippen LogP contribution < -0.4 is 9.80 Å². The van der Waals surface area contributed by atoms with Gasteiger partial charge in [0.25, 0.3) is 0 Å². The second kappa shape index (κ2) is 6.14. The molecule has 2 aromatic rings.